The summed E-state index contributed by atoms with van der Waals surface area (Å²) in [6.07, 6.45) is 15.8. The number of aromatic hydroxyl groups is 4. The standard InChI is InChI=1S/C65H92N4O4/c1-60(2,3)46-32-44(58(72)50(34-46)64(13,14)15)38-68-54-25-21-19-23-52(54)66-36-42-28-40(30-48(56(42)70)62(7,8)9)27-41-29-43(57(71)49(31-41)63(10,11)12)37-67-53-24-20-22-26-55(53)69-39-45-33-47(61(4,5)6)35-51(59(45)73)65(16,17)18/h28-39,52-55,70-73H,19-27H2,1-18H3/t52-,53+,54-,55+. The van der Waals surface area contributed by atoms with Crippen LogP contribution >= 0.6 is 0 Å². The van der Waals surface area contributed by atoms with Gasteiger partial charge >= 0.3 is 0 Å². The van der Waals surface area contributed by atoms with Crippen LogP contribution in [0.25, 0.3) is 0 Å². The number of nitrogens with zero attached hydrogens (tertiary/aromatic N) is 4. The summed E-state index contributed by atoms with van der Waals surface area (Å²) in [5.74, 6) is 1.04. The highest BCUT2D eigenvalue weighted by Crippen LogP contribution is 2.41. The highest BCUT2D eigenvalue weighted by atomic mass is 16.3. The molecule has 2 aliphatic rings. The zero-order valence-corrected chi connectivity index (χ0v) is 48.2. The van der Waals surface area contributed by atoms with Gasteiger partial charge in [0.15, 0.2) is 0 Å². The zero-order valence-electron chi connectivity index (χ0n) is 48.2. The predicted octanol–water partition coefficient (Wildman–Crippen LogP) is 15.6. The Labute approximate surface area is 440 Å². The maximum absolute atomic E-state index is 11.9. The third-order valence-electron chi connectivity index (χ3n) is 15.1. The number of benzene rings is 4. The van der Waals surface area contributed by atoms with Crippen molar-refractivity contribution in [2.45, 2.75) is 239 Å². The van der Waals surface area contributed by atoms with Gasteiger partial charge in [-0.1, -0.05) is 175 Å². The van der Waals surface area contributed by atoms with Crippen molar-refractivity contribution in [2.24, 2.45) is 20.0 Å². The van der Waals surface area contributed by atoms with Gasteiger partial charge in [-0.05, 0) is 111 Å². The van der Waals surface area contributed by atoms with E-state index in [1.807, 2.05) is 24.9 Å². The van der Waals surface area contributed by atoms with Crippen molar-refractivity contribution in [3.05, 3.63) is 115 Å². The second kappa shape index (κ2) is 21.5. The Morgan fingerprint density at radius 3 is 0.808 bits per heavy atom. The molecule has 6 rings (SSSR count). The van der Waals surface area contributed by atoms with Crippen LogP contribution in [0.4, 0.5) is 0 Å². The molecule has 2 aliphatic carbocycles. The maximum Gasteiger partial charge on any atom is 0.128 e. The van der Waals surface area contributed by atoms with Crippen LogP contribution < -0.4 is 0 Å². The van der Waals surface area contributed by atoms with Gasteiger partial charge in [0.25, 0.3) is 0 Å². The SMILES string of the molecule is CC(C)(C)c1cc(C=N[C@H]2CCCC[C@@H]2N=Cc2cc(Cc3cc(C=N[C@@H]4CCCC[C@H]4N=Cc4cc(C(C)(C)C)cc(C(C)(C)C)c4O)c(O)c(C(C)(C)C)c3)cc(C(C)(C)C)c2O)c(O)c(C(C)(C)C)c1. The monoisotopic (exact) mass is 993 g/mol. The fraction of sp³-hybridized carbons (Fsp3) is 0.569. The average molecular weight is 993 g/mol. The predicted molar refractivity (Wildman–Crippen MR) is 310 cm³/mol. The Kier molecular flexibility index (Phi) is 16.8. The van der Waals surface area contributed by atoms with E-state index in [0.29, 0.717) is 17.5 Å². The van der Waals surface area contributed by atoms with Gasteiger partial charge in [0.1, 0.15) is 23.0 Å². The summed E-state index contributed by atoms with van der Waals surface area (Å²) in [7, 11) is 0. The summed E-state index contributed by atoms with van der Waals surface area (Å²) in [6, 6.07) is 16.5. The van der Waals surface area contributed by atoms with Gasteiger partial charge in [-0.3, -0.25) is 20.0 Å². The molecule has 4 atom stereocenters. The van der Waals surface area contributed by atoms with E-state index >= 15 is 0 Å². The lowest BCUT2D eigenvalue weighted by molar-refractivity contribution is 0.389. The third kappa shape index (κ3) is 14.1. The van der Waals surface area contributed by atoms with Crippen molar-refractivity contribution in [3.63, 3.8) is 0 Å². The molecule has 73 heavy (non-hydrogen) atoms. The average Bonchev–Trinajstić information content (AvgIpc) is 3.26. The van der Waals surface area contributed by atoms with Crippen LogP contribution in [0.2, 0.25) is 0 Å². The molecule has 0 spiro atoms. The minimum absolute atomic E-state index is 0.0580. The van der Waals surface area contributed by atoms with Crippen molar-refractivity contribution in [3.8, 4) is 23.0 Å². The molecule has 2 saturated carbocycles. The quantitative estimate of drug-likeness (QED) is 0.118. The molecule has 396 valence electrons. The molecule has 0 aliphatic heterocycles. The summed E-state index contributed by atoms with van der Waals surface area (Å²) in [4.78, 5) is 20.7. The van der Waals surface area contributed by atoms with Crippen LogP contribution in [-0.2, 0) is 38.9 Å². The van der Waals surface area contributed by atoms with Crippen molar-refractivity contribution in [1.29, 1.82) is 0 Å². The molecular formula is C65H92N4O4. The lowest BCUT2D eigenvalue weighted by Gasteiger charge is -2.28. The number of hydrogen-bond acceptors (Lipinski definition) is 8. The number of rotatable bonds is 10. The van der Waals surface area contributed by atoms with Crippen LogP contribution in [-0.4, -0.2) is 69.5 Å². The van der Waals surface area contributed by atoms with Gasteiger partial charge < -0.3 is 20.4 Å². The third-order valence-corrected chi connectivity index (χ3v) is 15.1. The Morgan fingerprint density at radius 2 is 0.575 bits per heavy atom. The fourth-order valence-electron chi connectivity index (χ4n) is 10.3. The Bertz CT molecular complexity index is 2550. The lowest BCUT2D eigenvalue weighted by atomic mass is 9.79. The Hall–Kier alpha value is -5.24. The van der Waals surface area contributed by atoms with E-state index in [2.05, 4.69) is 173 Å². The summed E-state index contributed by atoms with van der Waals surface area (Å²) >= 11 is 0. The first-order valence-corrected chi connectivity index (χ1v) is 27.2. The van der Waals surface area contributed by atoms with Crippen molar-refractivity contribution in [2.75, 3.05) is 0 Å². The van der Waals surface area contributed by atoms with Crippen LogP contribution in [0.15, 0.2) is 68.5 Å². The minimum Gasteiger partial charge on any atom is -0.507 e. The maximum atomic E-state index is 11.9. The molecule has 4 aromatic rings. The second-order valence-corrected chi connectivity index (χ2v) is 27.7. The van der Waals surface area contributed by atoms with Gasteiger partial charge in [0.05, 0.1) is 24.2 Å². The van der Waals surface area contributed by atoms with E-state index < -0.39 is 0 Å². The molecule has 0 saturated heterocycles. The number of phenols is 4. The molecule has 4 N–H and O–H groups in total. The van der Waals surface area contributed by atoms with Crippen LogP contribution in [0.5, 0.6) is 23.0 Å². The molecular weight excluding hydrogens is 901 g/mol. The number of hydrogen-bond donors (Lipinski definition) is 4. The largest absolute Gasteiger partial charge is 0.507 e. The van der Waals surface area contributed by atoms with Crippen LogP contribution in [0.3, 0.4) is 0 Å². The van der Waals surface area contributed by atoms with Gasteiger partial charge in [-0.15, -0.1) is 0 Å². The highest BCUT2D eigenvalue weighted by molar-refractivity contribution is 5.88. The topological polar surface area (TPSA) is 130 Å². The summed E-state index contributed by atoms with van der Waals surface area (Å²) < 4.78 is 0. The summed E-state index contributed by atoms with van der Waals surface area (Å²) in [5.41, 5.74) is 9.42. The van der Waals surface area contributed by atoms with Crippen LogP contribution in [0.1, 0.15) is 243 Å². The molecule has 0 amide bonds. The molecule has 2 fully saturated rings. The molecule has 0 heterocycles. The number of phenolic OH excluding ortho intramolecular Hbond substituents is 4. The van der Waals surface area contributed by atoms with Crippen molar-refractivity contribution >= 4 is 24.9 Å². The Balaban J connectivity index is 1.32. The molecule has 0 unspecified atom stereocenters. The normalized spacial score (nSPS) is 20.1. The van der Waals surface area contributed by atoms with E-state index in [-0.39, 0.29) is 79.7 Å². The van der Waals surface area contributed by atoms with E-state index in [1.54, 1.807) is 0 Å². The summed E-state index contributed by atoms with van der Waals surface area (Å²) in [5, 5.41) is 46.8. The first-order chi connectivity index (χ1) is 33.6. The molecule has 0 bridgehead atoms. The van der Waals surface area contributed by atoms with E-state index in [4.69, 9.17) is 20.0 Å². The molecule has 0 aromatic heterocycles. The second-order valence-electron chi connectivity index (χ2n) is 27.7. The van der Waals surface area contributed by atoms with Crippen molar-refractivity contribution < 1.29 is 20.4 Å². The van der Waals surface area contributed by atoms with Gasteiger partial charge in [0, 0.05) is 69.4 Å². The van der Waals surface area contributed by atoms with E-state index in [0.717, 1.165) is 107 Å². The number of aliphatic imine (C=N–C) groups is 4. The van der Waals surface area contributed by atoms with Gasteiger partial charge in [-0.25, -0.2) is 0 Å². The highest BCUT2D eigenvalue weighted by Gasteiger charge is 2.30. The smallest absolute Gasteiger partial charge is 0.128 e. The molecule has 0 radical (unpaired) electrons. The molecule has 8 nitrogen and oxygen atoms in total. The minimum atomic E-state index is -0.346. The van der Waals surface area contributed by atoms with Gasteiger partial charge in [0.2, 0.25) is 0 Å². The Morgan fingerprint density at radius 1 is 0.342 bits per heavy atom. The lowest BCUT2D eigenvalue weighted by Crippen LogP contribution is -2.27. The van der Waals surface area contributed by atoms with Gasteiger partial charge in [-0.2, -0.15) is 0 Å². The fourth-order valence-corrected chi connectivity index (χ4v) is 10.3. The first kappa shape index (κ1) is 57.0. The first-order valence-electron chi connectivity index (χ1n) is 27.2. The van der Waals surface area contributed by atoms with E-state index in [9.17, 15) is 20.4 Å². The van der Waals surface area contributed by atoms with E-state index in [1.165, 1.54) is 0 Å². The van der Waals surface area contributed by atoms with Crippen LogP contribution in [0, 0.1) is 0 Å². The molecule has 8 heteroatoms. The molecule has 4 aromatic carbocycles. The zero-order chi connectivity index (χ0) is 54.2. The van der Waals surface area contributed by atoms with Crippen molar-refractivity contribution in [1.82, 2.24) is 0 Å². The summed E-state index contributed by atoms with van der Waals surface area (Å²) in [6.45, 7) is 38.7.